The predicted octanol–water partition coefficient (Wildman–Crippen LogP) is 4.81. The van der Waals surface area contributed by atoms with Crippen LogP contribution in [0.3, 0.4) is 0 Å². The zero-order chi connectivity index (χ0) is 21.4. The van der Waals surface area contributed by atoms with Gasteiger partial charge in [-0.2, -0.15) is 0 Å². The molecule has 5 heteroatoms. The van der Waals surface area contributed by atoms with E-state index in [4.69, 9.17) is 9.47 Å². The topological polar surface area (TPSA) is 64.6 Å². The summed E-state index contributed by atoms with van der Waals surface area (Å²) in [7, 11) is 0. The average molecular weight is 398 g/mol. The van der Waals surface area contributed by atoms with Gasteiger partial charge in [0.1, 0.15) is 5.75 Å². The van der Waals surface area contributed by atoms with E-state index < -0.39 is 6.04 Å². The second kappa shape index (κ2) is 10.1. The molecule has 0 fully saturated rings. The first-order valence-electron chi connectivity index (χ1n) is 10.0. The van der Waals surface area contributed by atoms with Crippen LogP contribution in [-0.4, -0.2) is 25.1 Å². The van der Waals surface area contributed by atoms with Crippen molar-refractivity contribution in [3.63, 3.8) is 0 Å². The van der Waals surface area contributed by atoms with Gasteiger partial charge in [-0.3, -0.25) is 9.59 Å². The van der Waals surface area contributed by atoms with E-state index in [2.05, 4.69) is 26.1 Å². The number of esters is 1. The SMILES string of the molecule is CCOC(=O)CC(NC(=O)c1ccc(C(C)(C)C)cc1)c1ccc(OCC)cc1. The number of benzene rings is 2. The van der Waals surface area contributed by atoms with Gasteiger partial charge in [0.05, 0.1) is 25.7 Å². The summed E-state index contributed by atoms with van der Waals surface area (Å²) in [5.74, 6) is 0.165. The van der Waals surface area contributed by atoms with Gasteiger partial charge in [0.15, 0.2) is 0 Å². The average Bonchev–Trinajstić information content (AvgIpc) is 2.68. The summed E-state index contributed by atoms with van der Waals surface area (Å²) >= 11 is 0. The fourth-order valence-corrected chi connectivity index (χ4v) is 2.97. The summed E-state index contributed by atoms with van der Waals surface area (Å²) in [5.41, 5.74) is 2.55. The molecular weight excluding hydrogens is 366 g/mol. The van der Waals surface area contributed by atoms with Crippen LogP contribution in [0.5, 0.6) is 5.75 Å². The maximum absolute atomic E-state index is 12.8. The molecule has 1 N–H and O–H groups in total. The lowest BCUT2D eigenvalue weighted by Gasteiger charge is -2.21. The second-order valence-electron chi connectivity index (χ2n) is 7.86. The van der Waals surface area contributed by atoms with Gasteiger partial charge in [-0.05, 0) is 54.7 Å². The molecule has 1 atom stereocenters. The maximum Gasteiger partial charge on any atom is 0.308 e. The van der Waals surface area contributed by atoms with Crippen molar-refractivity contribution in [1.29, 1.82) is 0 Å². The van der Waals surface area contributed by atoms with Crippen LogP contribution in [0.25, 0.3) is 0 Å². The first kappa shape index (κ1) is 22.5. The molecule has 0 aliphatic heterocycles. The van der Waals surface area contributed by atoms with Gasteiger partial charge in [0.2, 0.25) is 0 Å². The Morgan fingerprint density at radius 1 is 0.931 bits per heavy atom. The third kappa shape index (κ3) is 6.63. The van der Waals surface area contributed by atoms with Crippen LogP contribution in [0, 0.1) is 0 Å². The number of amides is 1. The fourth-order valence-electron chi connectivity index (χ4n) is 2.97. The molecule has 0 saturated carbocycles. The van der Waals surface area contributed by atoms with Crippen molar-refractivity contribution in [1.82, 2.24) is 5.32 Å². The first-order chi connectivity index (χ1) is 13.7. The van der Waals surface area contributed by atoms with Gasteiger partial charge >= 0.3 is 5.97 Å². The smallest absolute Gasteiger partial charge is 0.308 e. The highest BCUT2D eigenvalue weighted by molar-refractivity contribution is 5.94. The molecule has 2 aromatic carbocycles. The Balaban J connectivity index is 2.19. The maximum atomic E-state index is 12.8. The van der Waals surface area contributed by atoms with E-state index in [1.807, 2.05) is 55.5 Å². The molecule has 1 amide bonds. The van der Waals surface area contributed by atoms with Crippen molar-refractivity contribution < 1.29 is 19.1 Å². The van der Waals surface area contributed by atoms with Gasteiger partial charge in [-0.25, -0.2) is 0 Å². The zero-order valence-electron chi connectivity index (χ0n) is 18.0. The minimum Gasteiger partial charge on any atom is -0.494 e. The lowest BCUT2D eigenvalue weighted by molar-refractivity contribution is -0.143. The number of carbonyl (C=O) groups is 2. The van der Waals surface area contributed by atoms with E-state index in [1.165, 1.54) is 0 Å². The number of nitrogens with one attached hydrogen (secondary N) is 1. The molecule has 0 radical (unpaired) electrons. The van der Waals surface area contributed by atoms with Crippen molar-refractivity contribution in [2.45, 2.75) is 52.5 Å². The van der Waals surface area contributed by atoms with Gasteiger partial charge in [-0.1, -0.05) is 45.0 Å². The highest BCUT2D eigenvalue weighted by atomic mass is 16.5. The molecule has 1 unspecified atom stereocenters. The molecule has 2 rings (SSSR count). The van der Waals surface area contributed by atoms with Crippen LogP contribution in [0.15, 0.2) is 48.5 Å². The number of rotatable bonds is 8. The third-order valence-electron chi connectivity index (χ3n) is 4.59. The Kier molecular flexibility index (Phi) is 7.82. The molecule has 2 aromatic rings. The van der Waals surface area contributed by atoms with Crippen molar-refractivity contribution >= 4 is 11.9 Å². The molecule has 0 spiro atoms. The van der Waals surface area contributed by atoms with Crippen LogP contribution in [-0.2, 0) is 14.9 Å². The molecule has 0 aromatic heterocycles. The van der Waals surface area contributed by atoms with Gasteiger partial charge in [-0.15, -0.1) is 0 Å². The molecule has 0 aliphatic rings. The lowest BCUT2D eigenvalue weighted by Crippen LogP contribution is -2.30. The van der Waals surface area contributed by atoms with Crippen LogP contribution in [0.2, 0.25) is 0 Å². The van der Waals surface area contributed by atoms with Crippen LogP contribution in [0.4, 0.5) is 0 Å². The van der Waals surface area contributed by atoms with E-state index in [9.17, 15) is 9.59 Å². The van der Waals surface area contributed by atoms with Gasteiger partial charge < -0.3 is 14.8 Å². The number of carbonyl (C=O) groups excluding carboxylic acids is 2. The molecule has 0 saturated heterocycles. The number of hydrogen-bond acceptors (Lipinski definition) is 4. The number of ether oxygens (including phenoxy) is 2. The lowest BCUT2D eigenvalue weighted by atomic mass is 9.86. The summed E-state index contributed by atoms with van der Waals surface area (Å²) in [4.78, 5) is 24.9. The van der Waals surface area contributed by atoms with Crippen molar-refractivity contribution in [2.24, 2.45) is 0 Å². The minimum absolute atomic E-state index is 0.0176. The number of hydrogen-bond donors (Lipinski definition) is 1. The largest absolute Gasteiger partial charge is 0.494 e. The molecular formula is C24H31NO4. The summed E-state index contributed by atoms with van der Waals surface area (Å²) in [6, 6.07) is 14.5. The van der Waals surface area contributed by atoms with Crippen LogP contribution in [0.1, 0.15) is 68.6 Å². The Hall–Kier alpha value is -2.82. The van der Waals surface area contributed by atoms with Crippen molar-refractivity contribution in [3.05, 3.63) is 65.2 Å². The molecule has 29 heavy (non-hydrogen) atoms. The quantitative estimate of drug-likeness (QED) is 0.650. The summed E-state index contributed by atoms with van der Waals surface area (Å²) < 4.78 is 10.6. The predicted molar refractivity (Wildman–Crippen MR) is 114 cm³/mol. The standard InChI is InChI=1S/C24H31NO4/c1-6-28-20-14-10-17(11-15-20)21(16-22(26)29-7-2)25-23(27)18-8-12-19(13-9-18)24(3,4)5/h8-15,21H,6-7,16H2,1-5H3,(H,25,27). The van der Waals surface area contributed by atoms with E-state index in [1.54, 1.807) is 6.92 Å². The highest BCUT2D eigenvalue weighted by Crippen LogP contribution is 2.24. The first-order valence-corrected chi connectivity index (χ1v) is 10.0. The van der Waals surface area contributed by atoms with E-state index >= 15 is 0 Å². The van der Waals surface area contributed by atoms with Crippen molar-refractivity contribution in [3.8, 4) is 5.75 Å². The highest BCUT2D eigenvalue weighted by Gasteiger charge is 2.21. The van der Waals surface area contributed by atoms with E-state index in [0.717, 1.165) is 16.9 Å². The van der Waals surface area contributed by atoms with Crippen LogP contribution < -0.4 is 10.1 Å². The zero-order valence-corrected chi connectivity index (χ0v) is 18.0. The summed E-state index contributed by atoms with van der Waals surface area (Å²) in [6.45, 7) is 10.9. The van der Waals surface area contributed by atoms with E-state index in [0.29, 0.717) is 18.8 Å². The minimum atomic E-state index is -0.487. The van der Waals surface area contributed by atoms with Crippen LogP contribution >= 0.6 is 0 Å². The van der Waals surface area contributed by atoms with Gasteiger partial charge in [0.25, 0.3) is 5.91 Å². The second-order valence-corrected chi connectivity index (χ2v) is 7.86. The third-order valence-corrected chi connectivity index (χ3v) is 4.59. The Morgan fingerprint density at radius 2 is 1.55 bits per heavy atom. The van der Waals surface area contributed by atoms with E-state index in [-0.39, 0.29) is 23.7 Å². The van der Waals surface area contributed by atoms with Crippen molar-refractivity contribution in [2.75, 3.05) is 13.2 Å². The molecule has 5 nitrogen and oxygen atoms in total. The molecule has 156 valence electrons. The Morgan fingerprint density at radius 3 is 2.07 bits per heavy atom. The molecule has 0 aliphatic carbocycles. The fraction of sp³-hybridized carbons (Fsp3) is 0.417. The summed E-state index contributed by atoms with van der Waals surface area (Å²) in [5, 5.41) is 2.97. The Bertz CT molecular complexity index is 804. The summed E-state index contributed by atoms with van der Waals surface area (Å²) in [6.07, 6.45) is 0.0631. The molecule has 0 bridgehead atoms. The van der Waals surface area contributed by atoms with Gasteiger partial charge in [0, 0.05) is 5.56 Å². The monoisotopic (exact) mass is 397 g/mol. The Labute approximate surface area is 173 Å². The normalized spacial score (nSPS) is 12.2. The molecule has 0 heterocycles.